The van der Waals surface area contributed by atoms with E-state index in [-0.39, 0.29) is 0 Å². The first kappa shape index (κ1) is 8.47. The maximum Gasteiger partial charge on any atom is 0.0769 e. The quantitative estimate of drug-likeness (QED) is 0.671. The number of hydrogen-bond donors (Lipinski definition) is 0. The zero-order valence-electron chi connectivity index (χ0n) is 6.52. The van der Waals surface area contributed by atoms with Crippen LogP contribution in [-0.4, -0.2) is 17.3 Å². The highest BCUT2D eigenvalue weighted by Crippen LogP contribution is 2.41. The van der Waals surface area contributed by atoms with Crippen molar-refractivity contribution in [2.24, 2.45) is 0 Å². The zero-order valence-corrected chi connectivity index (χ0v) is 8.92. The number of nitrogens with zero attached hydrogens (tertiary/aromatic N) is 1. The Kier molecular flexibility index (Phi) is 2.69. The van der Waals surface area contributed by atoms with Gasteiger partial charge < -0.3 is 4.90 Å². The molecule has 10 heavy (non-hydrogen) atoms. The normalized spacial score (nSPS) is 26.4. The van der Waals surface area contributed by atoms with E-state index in [0.717, 1.165) is 6.42 Å². The molecule has 0 N–H and O–H groups in total. The summed E-state index contributed by atoms with van der Waals surface area (Å²) in [5.41, 5.74) is 1.43. The van der Waals surface area contributed by atoms with Crippen molar-refractivity contribution in [3.63, 3.8) is 0 Å². The third-order valence-corrected chi connectivity index (χ3v) is 3.93. The zero-order chi connectivity index (χ0) is 7.72. The lowest BCUT2D eigenvalue weighted by Crippen LogP contribution is -2.20. The summed E-state index contributed by atoms with van der Waals surface area (Å²) in [4.78, 5) is 2.31. The van der Waals surface area contributed by atoms with Gasteiger partial charge in [-0.3, -0.25) is 0 Å². The molecule has 1 atom stereocenters. The number of thioether (sulfide) groups is 1. The molecule has 58 valence electrons. The fourth-order valence-electron chi connectivity index (χ4n) is 1.04. The lowest BCUT2D eigenvalue weighted by Gasteiger charge is -2.19. The van der Waals surface area contributed by atoms with Crippen molar-refractivity contribution in [1.82, 2.24) is 4.90 Å². The van der Waals surface area contributed by atoms with Crippen LogP contribution in [0.5, 0.6) is 0 Å². The van der Waals surface area contributed by atoms with Crippen molar-refractivity contribution in [3.05, 3.63) is 9.51 Å². The summed E-state index contributed by atoms with van der Waals surface area (Å²) in [5.74, 6) is 0. The molecular formula is C7H12BrNS. The van der Waals surface area contributed by atoms with E-state index >= 15 is 0 Å². The predicted molar refractivity (Wildman–Crippen MR) is 51.1 cm³/mol. The Morgan fingerprint density at radius 1 is 1.70 bits per heavy atom. The molecule has 0 aromatic rings. The predicted octanol–water partition coefficient (Wildman–Crippen LogP) is 2.99. The van der Waals surface area contributed by atoms with Crippen LogP contribution >= 0.6 is 27.7 Å². The molecule has 0 aromatic heterocycles. The molecule has 0 saturated carbocycles. The Hall–Kier alpha value is 0.370. The standard InChI is InChI=1S/C7H12BrNS/c1-4-6-7(8)10-5(2)9(6)3/h5H,4H2,1-3H3. The van der Waals surface area contributed by atoms with Crippen molar-refractivity contribution in [1.29, 1.82) is 0 Å². The second kappa shape index (κ2) is 3.18. The maximum absolute atomic E-state index is 3.55. The van der Waals surface area contributed by atoms with Crippen LogP contribution in [0.2, 0.25) is 0 Å². The van der Waals surface area contributed by atoms with E-state index in [2.05, 4.69) is 41.7 Å². The number of rotatable bonds is 1. The van der Waals surface area contributed by atoms with Crippen molar-refractivity contribution in [3.8, 4) is 0 Å². The first-order valence-electron chi connectivity index (χ1n) is 3.45. The van der Waals surface area contributed by atoms with E-state index in [1.807, 2.05) is 11.8 Å². The van der Waals surface area contributed by atoms with Crippen LogP contribution in [0.25, 0.3) is 0 Å². The van der Waals surface area contributed by atoms with Crippen LogP contribution in [-0.2, 0) is 0 Å². The summed E-state index contributed by atoms with van der Waals surface area (Å²) in [7, 11) is 2.14. The Balaban J connectivity index is 2.75. The van der Waals surface area contributed by atoms with Crippen LogP contribution < -0.4 is 0 Å². The van der Waals surface area contributed by atoms with Gasteiger partial charge in [0.1, 0.15) is 0 Å². The summed E-state index contributed by atoms with van der Waals surface area (Å²) in [5, 5.41) is 0.601. The van der Waals surface area contributed by atoms with Gasteiger partial charge in [-0.25, -0.2) is 0 Å². The minimum Gasteiger partial charge on any atom is -0.364 e. The van der Waals surface area contributed by atoms with Gasteiger partial charge in [-0.15, -0.1) is 0 Å². The minimum atomic E-state index is 0.601. The van der Waals surface area contributed by atoms with E-state index in [4.69, 9.17) is 0 Å². The molecule has 1 heterocycles. The third-order valence-electron chi connectivity index (χ3n) is 1.81. The lowest BCUT2D eigenvalue weighted by atomic mass is 10.3. The molecule has 0 aliphatic carbocycles. The Morgan fingerprint density at radius 2 is 2.30 bits per heavy atom. The van der Waals surface area contributed by atoms with Crippen LogP contribution in [0.3, 0.4) is 0 Å². The molecule has 1 aliphatic heterocycles. The molecule has 1 aliphatic rings. The Morgan fingerprint density at radius 3 is 2.50 bits per heavy atom. The van der Waals surface area contributed by atoms with Gasteiger partial charge in [-0.2, -0.15) is 0 Å². The van der Waals surface area contributed by atoms with Gasteiger partial charge in [0, 0.05) is 12.7 Å². The van der Waals surface area contributed by atoms with Gasteiger partial charge in [0.05, 0.1) is 9.19 Å². The summed E-state index contributed by atoms with van der Waals surface area (Å²) >= 11 is 5.43. The molecule has 0 aromatic carbocycles. The fourth-order valence-corrected chi connectivity index (χ4v) is 3.42. The van der Waals surface area contributed by atoms with Gasteiger partial charge in [-0.05, 0) is 29.3 Å². The second-order valence-electron chi connectivity index (χ2n) is 2.40. The summed E-state index contributed by atoms with van der Waals surface area (Å²) in [6, 6.07) is 0. The molecule has 0 saturated heterocycles. The first-order valence-corrected chi connectivity index (χ1v) is 5.12. The van der Waals surface area contributed by atoms with Gasteiger partial charge >= 0.3 is 0 Å². The van der Waals surface area contributed by atoms with Gasteiger partial charge in [0.2, 0.25) is 0 Å². The fraction of sp³-hybridized carbons (Fsp3) is 0.714. The average Bonchev–Trinajstić information content (AvgIpc) is 2.09. The molecule has 0 fully saturated rings. The molecule has 1 nitrogen and oxygen atoms in total. The number of hydrogen-bond acceptors (Lipinski definition) is 2. The lowest BCUT2D eigenvalue weighted by molar-refractivity contribution is 0.409. The van der Waals surface area contributed by atoms with E-state index in [1.54, 1.807) is 0 Å². The Labute approximate surface area is 75.0 Å². The van der Waals surface area contributed by atoms with Crippen molar-refractivity contribution in [2.75, 3.05) is 7.05 Å². The third kappa shape index (κ3) is 1.35. The van der Waals surface area contributed by atoms with Gasteiger partial charge in [0.25, 0.3) is 0 Å². The van der Waals surface area contributed by atoms with E-state index in [0.29, 0.717) is 5.37 Å². The topological polar surface area (TPSA) is 3.24 Å². The monoisotopic (exact) mass is 221 g/mol. The van der Waals surface area contributed by atoms with Crippen LogP contribution in [0.15, 0.2) is 9.51 Å². The molecule has 1 rings (SSSR count). The molecule has 0 spiro atoms. The molecule has 0 bridgehead atoms. The smallest absolute Gasteiger partial charge is 0.0769 e. The van der Waals surface area contributed by atoms with Crippen LogP contribution in [0.4, 0.5) is 0 Å². The maximum atomic E-state index is 3.55. The van der Waals surface area contributed by atoms with Gasteiger partial charge in [0.15, 0.2) is 0 Å². The molecule has 0 radical (unpaired) electrons. The Bertz CT molecular complexity index is 167. The number of halogens is 1. The molecule has 1 unspecified atom stereocenters. The summed E-state index contributed by atoms with van der Waals surface area (Å²) in [6.07, 6.45) is 1.12. The van der Waals surface area contributed by atoms with Crippen molar-refractivity contribution < 1.29 is 0 Å². The SMILES string of the molecule is CCC1=C(Br)SC(C)N1C. The minimum absolute atomic E-state index is 0.601. The van der Waals surface area contributed by atoms with E-state index < -0.39 is 0 Å². The van der Waals surface area contributed by atoms with Crippen molar-refractivity contribution >= 4 is 27.7 Å². The largest absolute Gasteiger partial charge is 0.364 e. The average molecular weight is 222 g/mol. The first-order chi connectivity index (χ1) is 4.66. The second-order valence-corrected chi connectivity index (χ2v) is 5.05. The summed E-state index contributed by atoms with van der Waals surface area (Å²) in [6.45, 7) is 4.40. The van der Waals surface area contributed by atoms with Gasteiger partial charge in [-0.1, -0.05) is 18.7 Å². The highest BCUT2D eigenvalue weighted by atomic mass is 79.9. The van der Waals surface area contributed by atoms with Crippen LogP contribution in [0.1, 0.15) is 20.3 Å². The molecule has 3 heteroatoms. The molecular weight excluding hydrogens is 210 g/mol. The van der Waals surface area contributed by atoms with Crippen molar-refractivity contribution in [2.45, 2.75) is 25.6 Å². The van der Waals surface area contributed by atoms with Crippen LogP contribution in [0, 0.1) is 0 Å². The van der Waals surface area contributed by atoms with E-state index in [9.17, 15) is 0 Å². The summed E-state index contributed by atoms with van der Waals surface area (Å²) < 4.78 is 1.31. The highest BCUT2D eigenvalue weighted by Gasteiger charge is 2.23. The highest BCUT2D eigenvalue weighted by molar-refractivity contribution is 9.14. The number of allylic oxidation sites excluding steroid dienone is 1. The molecule has 0 amide bonds. The van der Waals surface area contributed by atoms with E-state index in [1.165, 1.54) is 9.51 Å².